The van der Waals surface area contributed by atoms with Gasteiger partial charge in [0.25, 0.3) is 0 Å². The highest BCUT2D eigenvalue weighted by Gasteiger charge is 2.18. The summed E-state index contributed by atoms with van der Waals surface area (Å²) >= 11 is 0. The summed E-state index contributed by atoms with van der Waals surface area (Å²) in [6, 6.07) is 10.0. The number of ether oxygens (including phenoxy) is 1. The monoisotopic (exact) mass is 243 g/mol. The van der Waals surface area contributed by atoms with E-state index in [-0.39, 0.29) is 5.97 Å². The minimum absolute atomic E-state index is 0.291. The van der Waals surface area contributed by atoms with Crippen LogP contribution in [0.2, 0.25) is 0 Å². The number of carbonyl (C=O) groups excluding carboxylic acids is 1. The standard InChI is InChI=1S/C15H17NO2/c1-4-18-15(17)14-10(2)13(11(3)16-14)12-8-6-5-7-9-12/h5-9,16H,4H2,1-3H3. The number of aromatic amines is 1. The lowest BCUT2D eigenvalue weighted by molar-refractivity contribution is 0.0519. The molecule has 0 unspecified atom stereocenters. The van der Waals surface area contributed by atoms with E-state index in [9.17, 15) is 4.79 Å². The fourth-order valence-corrected chi connectivity index (χ4v) is 2.20. The van der Waals surface area contributed by atoms with Crippen LogP contribution in [0.25, 0.3) is 11.1 Å². The first kappa shape index (κ1) is 12.4. The first-order chi connectivity index (χ1) is 8.65. The van der Waals surface area contributed by atoms with Crippen LogP contribution >= 0.6 is 0 Å². The van der Waals surface area contributed by atoms with Gasteiger partial charge in [0.2, 0.25) is 0 Å². The molecule has 3 nitrogen and oxygen atoms in total. The predicted octanol–water partition coefficient (Wildman–Crippen LogP) is 3.48. The van der Waals surface area contributed by atoms with E-state index in [0.717, 1.165) is 22.4 Å². The van der Waals surface area contributed by atoms with Gasteiger partial charge >= 0.3 is 5.97 Å². The minimum Gasteiger partial charge on any atom is -0.461 e. The molecule has 0 radical (unpaired) electrons. The Morgan fingerprint density at radius 3 is 2.50 bits per heavy atom. The number of aryl methyl sites for hydroxylation is 1. The third-order valence-electron chi connectivity index (χ3n) is 2.98. The van der Waals surface area contributed by atoms with E-state index in [1.807, 2.05) is 44.2 Å². The van der Waals surface area contributed by atoms with Gasteiger partial charge in [-0.25, -0.2) is 4.79 Å². The first-order valence-corrected chi connectivity index (χ1v) is 6.06. The third kappa shape index (κ3) is 2.16. The molecule has 3 heteroatoms. The number of carbonyl (C=O) groups is 1. The summed E-state index contributed by atoms with van der Waals surface area (Å²) in [6.07, 6.45) is 0. The zero-order chi connectivity index (χ0) is 13.1. The molecule has 0 saturated carbocycles. The summed E-state index contributed by atoms with van der Waals surface area (Å²) in [5.74, 6) is -0.291. The SMILES string of the molecule is CCOC(=O)c1[nH]c(C)c(-c2ccccc2)c1C. The van der Waals surface area contributed by atoms with E-state index in [2.05, 4.69) is 4.98 Å². The van der Waals surface area contributed by atoms with E-state index in [1.165, 1.54) is 0 Å². The summed E-state index contributed by atoms with van der Waals surface area (Å²) < 4.78 is 5.04. The van der Waals surface area contributed by atoms with Gasteiger partial charge in [-0.05, 0) is 31.9 Å². The van der Waals surface area contributed by atoms with Crippen molar-refractivity contribution in [2.75, 3.05) is 6.61 Å². The molecule has 0 spiro atoms. The smallest absolute Gasteiger partial charge is 0.355 e. The largest absolute Gasteiger partial charge is 0.461 e. The Bertz CT molecular complexity index is 555. The number of H-pyrrole nitrogens is 1. The summed E-state index contributed by atoms with van der Waals surface area (Å²) in [5, 5.41) is 0. The molecular weight excluding hydrogens is 226 g/mol. The quantitative estimate of drug-likeness (QED) is 0.839. The molecule has 1 aromatic heterocycles. The molecule has 0 aliphatic heterocycles. The molecule has 0 bridgehead atoms. The van der Waals surface area contributed by atoms with E-state index >= 15 is 0 Å². The van der Waals surface area contributed by atoms with Gasteiger partial charge in [0.15, 0.2) is 0 Å². The topological polar surface area (TPSA) is 42.1 Å². The van der Waals surface area contributed by atoms with Gasteiger partial charge < -0.3 is 9.72 Å². The molecule has 0 aliphatic rings. The van der Waals surface area contributed by atoms with E-state index < -0.39 is 0 Å². The number of aromatic nitrogens is 1. The van der Waals surface area contributed by atoms with Gasteiger partial charge in [-0.3, -0.25) is 0 Å². The Morgan fingerprint density at radius 2 is 1.89 bits per heavy atom. The Kier molecular flexibility index (Phi) is 3.51. The second-order valence-electron chi connectivity index (χ2n) is 4.21. The van der Waals surface area contributed by atoms with Crippen molar-refractivity contribution < 1.29 is 9.53 Å². The average molecular weight is 243 g/mol. The lowest BCUT2D eigenvalue weighted by Crippen LogP contribution is -2.06. The van der Waals surface area contributed by atoms with Crippen molar-refractivity contribution in [2.45, 2.75) is 20.8 Å². The van der Waals surface area contributed by atoms with E-state index in [4.69, 9.17) is 4.74 Å². The maximum Gasteiger partial charge on any atom is 0.355 e. The van der Waals surface area contributed by atoms with Gasteiger partial charge in [0.1, 0.15) is 5.69 Å². The molecular formula is C15H17NO2. The normalized spacial score (nSPS) is 10.4. The molecule has 0 amide bonds. The fourth-order valence-electron chi connectivity index (χ4n) is 2.20. The summed E-state index contributed by atoms with van der Waals surface area (Å²) in [7, 11) is 0. The first-order valence-electron chi connectivity index (χ1n) is 6.06. The molecule has 1 aromatic carbocycles. The zero-order valence-electron chi connectivity index (χ0n) is 10.9. The Morgan fingerprint density at radius 1 is 1.22 bits per heavy atom. The molecule has 0 aliphatic carbocycles. The molecule has 18 heavy (non-hydrogen) atoms. The number of esters is 1. The van der Waals surface area contributed by atoms with Crippen molar-refractivity contribution in [2.24, 2.45) is 0 Å². The molecule has 0 fully saturated rings. The molecule has 1 heterocycles. The van der Waals surface area contributed by atoms with Crippen LogP contribution < -0.4 is 0 Å². The Hall–Kier alpha value is -2.03. The van der Waals surface area contributed by atoms with Crippen LogP contribution in [0.4, 0.5) is 0 Å². The number of nitrogens with one attached hydrogen (secondary N) is 1. The number of rotatable bonds is 3. The zero-order valence-corrected chi connectivity index (χ0v) is 10.9. The second-order valence-corrected chi connectivity index (χ2v) is 4.21. The fraction of sp³-hybridized carbons (Fsp3) is 0.267. The van der Waals surface area contributed by atoms with Crippen LogP contribution in [-0.4, -0.2) is 17.6 Å². The third-order valence-corrected chi connectivity index (χ3v) is 2.98. The molecule has 0 saturated heterocycles. The molecule has 0 atom stereocenters. The van der Waals surface area contributed by atoms with Gasteiger partial charge in [-0.1, -0.05) is 30.3 Å². The van der Waals surface area contributed by atoms with Crippen LogP contribution in [-0.2, 0) is 4.74 Å². The highest BCUT2D eigenvalue weighted by Crippen LogP contribution is 2.29. The van der Waals surface area contributed by atoms with Crippen LogP contribution in [0.15, 0.2) is 30.3 Å². The summed E-state index contributed by atoms with van der Waals surface area (Å²) in [4.78, 5) is 14.9. The van der Waals surface area contributed by atoms with Crippen molar-refractivity contribution in [1.29, 1.82) is 0 Å². The van der Waals surface area contributed by atoms with Crippen molar-refractivity contribution in [3.05, 3.63) is 47.3 Å². The molecule has 2 rings (SSSR count). The summed E-state index contributed by atoms with van der Waals surface area (Å²) in [6.45, 7) is 6.11. The Balaban J connectivity index is 2.48. The molecule has 1 N–H and O–H groups in total. The summed E-state index contributed by atoms with van der Waals surface area (Å²) in [5.41, 5.74) is 4.67. The van der Waals surface area contributed by atoms with Crippen LogP contribution in [0.5, 0.6) is 0 Å². The van der Waals surface area contributed by atoms with Crippen molar-refractivity contribution >= 4 is 5.97 Å². The lowest BCUT2D eigenvalue weighted by atomic mass is 10.0. The van der Waals surface area contributed by atoms with Crippen molar-refractivity contribution in [1.82, 2.24) is 4.98 Å². The van der Waals surface area contributed by atoms with Crippen molar-refractivity contribution in [3.8, 4) is 11.1 Å². The minimum atomic E-state index is -0.291. The van der Waals surface area contributed by atoms with Gasteiger partial charge in [0.05, 0.1) is 6.61 Å². The van der Waals surface area contributed by atoms with Gasteiger partial charge in [-0.15, -0.1) is 0 Å². The highest BCUT2D eigenvalue weighted by atomic mass is 16.5. The average Bonchev–Trinajstić information content (AvgIpc) is 2.66. The lowest BCUT2D eigenvalue weighted by Gasteiger charge is -2.03. The number of benzene rings is 1. The van der Waals surface area contributed by atoms with Crippen LogP contribution in [0.1, 0.15) is 28.7 Å². The molecule has 2 aromatic rings. The number of hydrogen-bond donors (Lipinski definition) is 1. The van der Waals surface area contributed by atoms with Gasteiger partial charge in [-0.2, -0.15) is 0 Å². The van der Waals surface area contributed by atoms with Gasteiger partial charge in [0, 0.05) is 11.3 Å². The number of hydrogen-bond acceptors (Lipinski definition) is 2. The van der Waals surface area contributed by atoms with Crippen molar-refractivity contribution in [3.63, 3.8) is 0 Å². The second kappa shape index (κ2) is 5.08. The molecule has 94 valence electrons. The van der Waals surface area contributed by atoms with Crippen LogP contribution in [0.3, 0.4) is 0 Å². The maximum absolute atomic E-state index is 11.8. The maximum atomic E-state index is 11.8. The van der Waals surface area contributed by atoms with E-state index in [0.29, 0.717) is 12.3 Å². The van der Waals surface area contributed by atoms with Crippen LogP contribution in [0, 0.1) is 13.8 Å². The highest BCUT2D eigenvalue weighted by molar-refractivity contribution is 5.92. The predicted molar refractivity (Wildman–Crippen MR) is 71.7 cm³/mol. The Labute approximate surface area is 107 Å². The van der Waals surface area contributed by atoms with E-state index in [1.54, 1.807) is 6.92 Å².